The summed E-state index contributed by atoms with van der Waals surface area (Å²) in [7, 11) is 1.93. The molecule has 104 valence electrons. The average molecular weight is 268 g/mol. The maximum atomic E-state index is 5.94. The van der Waals surface area contributed by atoms with Crippen molar-refractivity contribution in [3.8, 4) is 11.6 Å². The number of benzene rings is 1. The number of pyridine rings is 1. The van der Waals surface area contributed by atoms with E-state index in [2.05, 4.69) is 28.5 Å². The van der Waals surface area contributed by atoms with Crippen molar-refractivity contribution in [3.63, 3.8) is 0 Å². The van der Waals surface area contributed by atoms with Crippen molar-refractivity contribution in [2.75, 3.05) is 7.05 Å². The number of aromatic nitrogens is 1. The van der Waals surface area contributed by atoms with Crippen LogP contribution in [0.4, 0.5) is 0 Å². The van der Waals surface area contributed by atoms with E-state index < -0.39 is 0 Å². The molecule has 2 aromatic rings. The molecule has 0 saturated carbocycles. The predicted octanol–water partition coefficient (Wildman–Crippen LogP) is 3.39. The lowest BCUT2D eigenvalue weighted by Crippen LogP contribution is -2.06. The Morgan fingerprint density at radius 2 is 2.05 bits per heavy atom. The van der Waals surface area contributed by atoms with Gasteiger partial charge in [-0.3, -0.25) is 0 Å². The molecule has 0 aliphatic heterocycles. The van der Waals surface area contributed by atoms with E-state index in [1.54, 1.807) is 0 Å². The molecular formula is C17H20N2O. The third-order valence-corrected chi connectivity index (χ3v) is 3.75. The lowest BCUT2D eigenvalue weighted by molar-refractivity contribution is 0.457. The Kier molecular flexibility index (Phi) is 3.70. The first-order valence-electron chi connectivity index (χ1n) is 7.16. The molecule has 0 amide bonds. The number of aryl methyl sites for hydroxylation is 3. The highest BCUT2D eigenvalue weighted by Crippen LogP contribution is 2.29. The molecule has 3 nitrogen and oxygen atoms in total. The molecule has 0 atom stereocenters. The van der Waals surface area contributed by atoms with Gasteiger partial charge in [0.15, 0.2) is 0 Å². The molecule has 3 heteroatoms. The van der Waals surface area contributed by atoms with E-state index in [0.29, 0.717) is 5.88 Å². The smallest absolute Gasteiger partial charge is 0.222 e. The highest BCUT2D eigenvalue weighted by Gasteiger charge is 2.12. The van der Waals surface area contributed by atoms with Gasteiger partial charge < -0.3 is 10.1 Å². The summed E-state index contributed by atoms with van der Waals surface area (Å²) in [6.07, 6.45) is 5.49. The van der Waals surface area contributed by atoms with Crippen molar-refractivity contribution >= 4 is 0 Å². The highest BCUT2D eigenvalue weighted by atomic mass is 16.5. The maximum Gasteiger partial charge on any atom is 0.222 e. The molecule has 1 N–H and O–H groups in total. The van der Waals surface area contributed by atoms with Crippen LogP contribution in [0.2, 0.25) is 0 Å². The molecule has 0 unspecified atom stereocenters. The number of nitrogens with one attached hydrogen (secondary N) is 1. The third-order valence-electron chi connectivity index (χ3n) is 3.75. The van der Waals surface area contributed by atoms with E-state index in [1.807, 2.05) is 26.2 Å². The second kappa shape index (κ2) is 5.63. The van der Waals surface area contributed by atoms with Crippen LogP contribution in [0.5, 0.6) is 11.6 Å². The molecule has 1 aromatic heterocycles. The minimum absolute atomic E-state index is 0.697. The van der Waals surface area contributed by atoms with Gasteiger partial charge in [-0.15, -0.1) is 0 Å². The number of fused-ring (bicyclic) bond motifs is 1. The summed E-state index contributed by atoms with van der Waals surface area (Å²) in [6, 6.07) is 8.51. The fourth-order valence-corrected chi connectivity index (χ4v) is 2.75. The normalized spacial score (nSPS) is 13.3. The largest absolute Gasteiger partial charge is 0.439 e. The van der Waals surface area contributed by atoms with E-state index in [4.69, 9.17) is 4.74 Å². The second-order valence-corrected chi connectivity index (χ2v) is 5.38. The molecule has 1 aromatic carbocycles. The Morgan fingerprint density at radius 3 is 2.85 bits per heavy atom. The van der Waals surface area contributed by atoms with Crippen molar-refractivity contribution in [2.45, 2.75) is 32.7 Å². The Balaban J connectivity index is 1.80. The number of hydrogen-bond donors (Lipinski definition) is 1. The van der Waals surface area contributed by atoms with E-state index in [9.17, 15) is 0 Å². The van der Waals surface area contributed by atoms with Crippen LogP contribution in [0.15, 0.2) is 30.5 Å². The van der Waals surface area contributed by atoms with Gasteiger partial charge in [0.2, 0.25) is 5.88 Å². The molecule has 0 bridgehead atoms. The molecule has 0 fully saturated rings. The van der Waals surface area contributed by atoms with E-state index in [0.717, 1.165) is 17.9 Å². The zero-order chi connectivity index (χ0) is 13.9. The quantitative estimate of drug-likeness (QED) is 0.923. The number of hydrogen-bond acceptors (Lipinski definition) is 3. The lowest BCUT2D eigenvalue weighted by Gasteiger charge is -2.10. The van der Waals surface area contributed by atoms with Crippen LogP contribution < -0.4 is 10.1 Å². The van der Waals surface area contributed by atoms with Crippen molar-refractivity contribution in [1.82, 2.24) is 10.3 Å². The number of rotatable bonds is 4. The van der Waals surface area contributed by atoms with Crippen molar-refractivity contribution < 1.29 is 4.74 Å². The maximum absolute atomic E-state index is 5.94. The highest BCUT2D eigenvalue weighted by molar-refractivity contribution is 5.41. The van der Waals surface area contributed by atoms with Crippen LogP contribution in [0.25, 0.3) is 0 Å². The van der Waals surface area contributed by atoms with Crippen LogP contribution in [0.3, 0.4) is 0 Å². The monoisotopic (exact) mass is 268 g/mol. The standard InChI is InChI=1S/C17H20N2O/c1-12-8-13(10-18-2)11-19-17(12)20-16-7-6-14-4-3-5-15(14)9-16/h6-9,11,18H,3-5,10H2,1-2H3. The summed E-state index contributed by atoms with van der Waals surface area (Å²) in [5.74, 6) is 1.59. The Bertz CT molecular complexity index is 622. The number of nitrogens with zero attached hydrogens (tertiary/aromatic N) is 1. The Labute approximate surface area is 120 Å². The van der Waals surface area contributed by atoms with E-state index in [-0.39, 0.29) is 0 Å². The van der Waals surface area contributed by atoms with Gasteiger partial charge in [-0.05, 0) is 68.1 Å². The van der Waals surface area contributed by atoms with E-state index >= 15 is 0 Å². The van der Waals surface area contributed by atoms with E-state index in [1.165, 1.54) is 36.0 Å². The first kappa shape index (κ1) is 13.1. The summed E-state index contributed by atoms with van der Waals surface area (Å²) >= 11 is 0. The Morgan fingerprint density at radius 1 is 1.20 bits per heavy atom. The minimum atomic E-state index is 0.697. The van der Waals surface area contributed by atoms with Crippen LogP contribution in [0.1, 0.15) is 28.7 Å². The lowest BCUT2D eigenvalue weighted by atomic mass is 10.1. The summed E-state index contributed by atoms with van der Waals surface area (Å²) < 4.78 is 5.94. The molecule has 1 aliphatic carbocycles. The van der Waals surface area contributed by atoms with Gasteiger partial charge in [0.05, 0.1) is 0 Å². The van der Waals surface area contributed by atoms with Crippen molar-refractivity contribution in [2.24, 2.45) is 0 Å². The minimum Gasteiger partial charge on any atom is -0.439 e. The Hall–Kier alpha value is -1.87. The third kappa shape index (κ3) is 2.68. The zero-order valence-corrected chi connectivity index (χ0v) is 12.1. The van der Waals surface area contributed by atoms with Gasteiger partial charge in [-0.2, -0.15) is 0 Å². The first-order chi connectivity index (χ1) is 9.76. The van der Waals surface area contributed by atoms with Gasteiger partial charge in [0.25, 0.3) is 0 Å². The molecule has 3 rings (SSSR count). The van der Waals surface area contributed by atoms with Gasteiger partial charge in [-0.25, -0.2) is 4.98 Å². The van der Waals surface area contributed by atoms with Gasteiger partial charge in [0, 0.05) is 18.3 Å². The molecule has 0 radical (unpaired) electrons. The summed E-state index contributed by atoms with van der Waals surface area (Å²) in [4.78, 5) is 4.42. The van der Waals surface area contributed by atoms with Crippen molar-refractivity contribution in [3.05, 3.63) is 52.7 Å². The van der Waals surface area contributed by atoms with Crippen LogP contribution >= 0.6 is 0 Å². The van der Waals surface area contributed by atoms with Crippen LogP contribution in [0, 0.1) is 6.92 Å². The second-order valence-electron chi connectivity index (χ2n) is 5.38. The van der Waals surface area contributed by atoms with Gasteiger partial charge in [-0.1, -0.05) is 6.07 Å². The number of ether oxygens (including phenoxy) is 1. The zero-order valence-electron chi connectivity index (χ0n) is 12.1. The topological polar surface area (TPSA) is 34.2 Å². The molecule has 20 heavy (non-hydrogen) atoms. The first-order valence-corrected chi connectivity index (χ1v) is 7.16. The molecule has 0 spiro atoms. The summed E-state index contributed by atoms with van der Waals surface area (Å²) in [5.41, 5.74) is 5.13. The summed E-state index contributed by atoms with van der Waals surface area (Å²) in [6.45, 7) is 2.86. The van der Waals surface area contributed by atoms with Gasteiger partial charge in [0.1, 0.15) is 5.75 Å². The average Bonchev–Trinajstić information content (AvgIpc) is 2.90. The summed E-state index contributed by atoms with van der Waals surface area (Å²) in [5, 5.41) is 3.13. The van der Waals surface area contributed by atoms with Crippen LogP contribution in [-0.4, -0.2) is 12.0 Å². The van der Waals surface area contributed by atoms with Gasteiger partial charge >= 0.3 is 0 Å². The van der Waals surface area contributed by atoms with Crippen LogP contribution in [-0.2, 0) is 19.4 Å². The predicted molar refractivity (Wildman–Crippen MR) is 80.3 cm³/mol. The molecule has 0 saturated heterocycles. The fraction of sp³-hybridized carbons (Fsp3) is 0.353. The fourth-order valence-electron chi connectivity index (χ4n) is 2.75. The SMILES string of the molecule is CNCc1cnc(Oc2ccc3c(c2)CCC3)c(C)c1. The molecular weight excluding hydrogens is 248 g/mol. The molecule has 1 heterocycles. The van der Waals surface area contributed by atoms with Crippen molar-refractivity contribution in [1.29, 1.82) is 0 Å². The molecule has 1 aliphatic rings.